The van der Waals surface area contributed by atoms with E-state index in [1.807, 2.05) is 54.6 Å². The Balaban J connectivity index is 1.64. The quantitative estimate of drug-likeness (QED) is 0.255. The summed E-state index contributed by atoms with van der Waals surface area (Å²) < 4.78 is 2.32. The van der Waals surface area contributed by atoms with Gasteiger partial charge in [0, 0.05) is 17.5 Å². The van der Waals surface area contributed by atoms with E-state index in [0.717, 1.165) is 28.0 Å². The number of Topliss-reactive ketones (excluding diaryl/α,β-unsaturated/α-hetero) is 1. The molecule has 3 heteroatoms. The molecule has 5 rings (SSSR count). The Morgan fingerprint density at radius 3 is 2.15 bits per heavy atom. The molecule has 4 aromatic carbocycles. The highest BCUT2D eigenvalue weighted by Crippen LogP contribution is 2.34. The summed E-state index contributed by atoms with van der Waals surface area (Å²) in [4.78, 5) is 18.0. The minimum atomic E-state index is -0.0131. The van der Waals surface area contributed by atoms with Crippen molar-refractivity contribution >= 4 is 16.8 Å². The van der Waals surface area contributed by atoms with Crippen LogP contribution in [0.3, 0.4) is 0 Å². The number of nitrogens with zero attached hydrogens (tertiary/aromatic N) is 2. The van der Waals surface area contributed by atoms with Crippen molar-refractivity contribution in [2.24, 2.45) is 0 Å². The average Bonchev–Trinajstić information content (AvgIpc) is 3.24. The molecule has 1 unspecified atom stereocenters. The normalized spacial score (nSPS) is 12.0. The summed E-state index contributed by atoms with van der Waals surface area (Å²) in [5, 5.41) is 0. The van der Waals surface area contributed by atoms with Crippen molar-refractivity contribution in [1.82, 2.24) is 9.55 Å². The van der Waals surface area contributed by atoms with E-state index in [1.54, 1.807) is 0 Å². The Kier molecular flexibility index (Phi) is 5.86. The number of aryl methyl sites for hydroxylation is 1. The van der Waals surface area contributed by atoms with E-state index in [9.17, 15) is 4.79 Å². The molecule has 5 aromatic rings. The summed E-state index contributed by atoms with van der Waals surface area (Å²) in [6, 6.07) is 36.7. The number of fused-ring (bicyclic) bond motifs is 1. The van der Waals surface area contributed by atoms with E-state index >= 15 is 0 Å². The molecule has 0 aliphatic rings. The summed E-state index contributed by atoms with van der Waals surface area (Å²) >= 11 is 0. The highest BCUT2D eigenvalue weighted by molar-refractivity contribution is 5.96. The van der Waals surface area contributed by atoms with Gasteiger partial charge >= 0.3 is 0 Å². The van der Waals surface area contributed by atoms with Gasteiger partial charge in [-0.1, -0.05) is 97.1 Å². The number of hydrogen-bond donors (Lipinski definition) is 0. The Bertz CT molecular complexity index is 1370. The van der Waals surface area contributed by atoms with Crippen LogP contribution < -0.4 is 0 Å². The van der Waals surface area contributed by atoms with E-state index in [0.29, 0.717) is 12.8 Å². The molecule has 1 aromatic heterocycles. The van der Waals surface area contributed by atoms with Gasteiger partial charge in [-0.2, -0.15) is 0 Å². The lowest BCUT2D eigenvalue weighted by Gasteiger charge is -2.23. The fourth-order valence-corrected chi connectivity index (χ4v) is 4.47. The molecule has 3 nitrogen and oxygen atoms in total. The second kappa shape index (κ2) is 9.25. The zero-order valence-corrected chi connectivity index (χ0v) is 18.7. The van der Waals surface area contributed by atoms with Gasteiger partial charge in [0.15, 0.2) is 5.78 Å². The van der Waals surface area contributed by atoms with E-state index < -0.39 is 0 Å². The summed E-state index contributed by atoms with van der Waals surface area (Å²) in [5.41, 5.74) is 6.26. The maximum Gasteiger partial charge on any atom is 0.162 e. The third-order valence-corrected chi connectivity index (χ3v) is 6.11. The van der Waals surface area contributed by atoms with Crippen LogP contribution in [0, 0.1) is 6.92 Å². The first-order valence-electron chi connectivity index (χ1n) is 11.4. The van der Waals surface area contributed by atoms with Crippen molar-refractivity contribution in [3.8, 4) is 11.4 Å². The largest absolute Gasteiger partial charge is 0.316 e. The van der Waals surface area contributed by atoms with Crippen molar-refractivity contribution in [1.29, 1.82) is 0 Å². The molecular formula is C30H26N2O. The van der Waals surface area contributed by atoms with Crippen LogP contribution in [0.1, 0.15) is 40.4 Å². The predicted molar refractivity (Wildman–Crippen MR) is 134 cm³/mol. The summed E-state index contributed by atoms with van der Waals surface area (Å²) in [5.74, 6) is 1.09. The smallest absolute Gasteiger partial charge is 0.162 e. The molecule has 0 saturated heterocycles. The Labute approximate surface area is 194 Å². The lowest BCUT2D eigenvalue weighted by atomic mass is 9.97. The highest BCUT2D eigenvalue weighted by atomic mass is 16.1. The van der Waals surface area contributed by atoms with Gasteiger partial charge in [-0.25, -0.2) is 4.98 Å². The predicted octanol–water partition coefficient (Wildman–Crippen LogP) is 7.26. The third kappa shape index (κ3) is 4.35. The first-order valence-corrected chi connectivity index (χ1v) is 11.4. The van der Waals surface area contributed by atoms with E-state index in [-0.39, 0.29) is 11.8 Å². The molecule has 1 heterocycles. The van der Waals surface area contributed by atoms with Crippen LogP contribution in [0.15, 0.2) is 109 Å². The number of rotatable bonds is 7. The highest BCUT2D eigenvalue weighted by Gasteiger charge is 2.23. The van der Waals surface area contributed by atoms with Gasteiger partial charge < -0.3 is 4.57 Å². The number of hydrogen-bond acceptors (Lipinski definition) is 2. The van der Waals surface area contributed by atoms with E-state index in [2.05, 4.69) is 66.1 Å². The van der Waals surface area contributed by atoms with Gasteiger partial charge in [0.05, 0.1) is 17.1 Å². The fourth-order valence-electron chi connectivity index (χ4n) is 4.47. The lowest BCUT2D eigenvalue weighted by molar-refractivity contribution is 0.0976. The summed E-state index contributed by atoms with van der Waals surface area (Å²) in [7, 11) is 0. The van der Waals surface area contributed by atoms with Crippen LogP contribution in [0.5, 0.6) is 0 Å². The molecule has 0 saturated carbocycles. The SMILES string of the molecule is Cc1ccc2nc(-c3ccccc3)n(C(CCC(=O)c3ccccc3)c3ccccc3)c2c1. The Hall–Kier alpha value is -3.98. The number of carbonyl (C=O) groups is 1. The third-order valence-electron chi connectivity index (χ3n) is 6.11. The molecule has 33 heavy (non-hydrogen) atoms. The van der Waals surface area contributed by atoms with Crippen molar-refractivity contribution in [2.45, 2.75) is 25.8 Å². The maximum atomic E-state index is 13.0. The minimum Gasteiger partial charge on any atom is -0.316 e. The second-order valence-electron chi connectivity index (χ2n) is 8.42. The van der Waals surface area contributed by atoms with Gasteiger partial charge in [-0.05, 0) is 36.6 Å². The topological polar surface area (TPSA) is 34.9 Å². The number of benzene rings is 4. The van der Waals surface area contributed by atoms with Gasteiger partial charge in [0.1, 0.15) is 5.82 Å². The molecule has 0 fully saturated rings. The van der Waals surface area contributed by atoms with E-state index in [4.69, 9.17) is 4.98 Å². The van der Waals surface area contributed by atoms with Crippen LogP contribution in [0.25, 0.3) is 22.4 Å². The van der Waals surface area contributed by atoms with Crippen LogP contribution in [0.4, 0.5) is 0 Å². The monoisotopic (exact) mass is 430 g/mol. The molecule has 0 aliphatic heterocycles. The molecule has 1 atom stereocenters. The van der Waals surface area contributed by atoms with Crippen LogP contribution >= 0.6 is 0 Å². The van der Waals surface area contributed by atoms with Gasteiger partial charge in [0.2, 0.25) is 0 Å². The van der Waals surface area contributed by atoms with Crippen molar-refractivity contribution < 1.29 is 4.79 Å². The first-order chi connectivity index (χ1) is 16.2. The first kappa shape index (κ1) is 20.9. The van der Waals surface area contributed by atoms with Crippen molar-refractivity contribution in [3.63, 3.8) is 0 Å². The minimum absolute atomic E-state index is 0.0131. The fraction of sp³-hybridized carbons (Fsp3) is 0.133. The second-order valence-corrected chi connectivity index (χ2v) is 8.42. The standard InChI is InChI=1S/C30H26N2O/c1-22-17-18-26-28(21-22)32(30(31-26)25-15-9-4-10-16-25)27(23-11-5-2-6-12-23)19-20-29(33)24-13-7-3-8-14-24/h2-18,21,27H,19-20H2,1H3. The molecule has 0 N–H and O–H groups in total. The van der Waals surface area contributed by atoms with E-state index in [1.165, 1.54) is 11.1 Å². The number of carbonyl (C=O) groups excluding carboxylic acids is 1. The molecule has 162 valence electrons. The van der Waals surface area contributed by atoms with Gasteiger partial charge in [-0.3, -0.25) is 4.79 Å². The van der Waals surface area contributed by atoms with Crippen molar-refractivity contribution in [3.05, 3.63) is 126 Å². The summed E-state index contributed by atoms with van der Waals surface area (Å²) in [6.45, 7) is 2.11. The molecule has 0 spiro atoms. The Morgan fingerprint density at radius 2 is 1.45 bits per heavy atom. The van der Waals surface area contributed by atoms with Crippen LogP contribution in [0.2, 0.25) is 0 Å². The zero-order valence-electron chi connectivity index (χ0n) is 18.7. The average molecular weight is 431 g/mol. The molecular weight excluding hydrogens is 404 g/mol. The maximum absolute atomic E-state index is 13.0. The number of imidazole rings is 1. The lowest BCUT2D eigenvalue weighted by Crippen LogP contribution is -2.14. The van der Waals surface area contributed by atoms with Crippen molar-refractivity contribution in [2.75, 3.05) is 0 Å². The van der Waals surface area contributed by atoms with Gasteiger partial charge in [-0.15, -0.1) is 0 Å². The molecule has 0 bridgehead atoms. The summed E-state index contributed by atoms with van der Waals surface area (Å²) in [6.07, 6.45) is 1.15. The number of aromatic nitrogens is 2. The molecule has 0 radical (unpaired) electrons. The Morgan fingerprint density at radius 1 is 0.818 bits per heavy atom. The van der Waals surface area contributed by atoms with Crippen LogP contribution in [-0.2, 0) is 0 Å². The molecule has 0 aliphatic carbocycles. The zero-order chi connectivity index (χ0) is 22.6. The number of ketones is 1. The van der Waals surface area contributed by atoms with Gasteiger partial charge in [0.25, 0.3) is 0 Å². The van der Waals surface area contributed by atoms with Crippen LogP contribution in [-0.4, -0.2) is 15.3 Å². The molecule has 0 amide bonds.